The van der Waals surface area contributed by atoms with Gasteiger partial charge in [-0.25, -0.2) is 4.98 Å². The minimum atomic E-state index is -0.233. The van der Waals surface area contributed by atoms with E-state index in [0.29, 0.717) is 24.1 Å². The number of halogens is 1. The zero-order chi connectivity index (χ0) is 20.7. The van der Waals surface area contributed by atoms with E-state index in [2.05, 4.69) is 42.9 Å². The number of rotatable bonds is 3. The molecule has 2 aromatic carbocycles. The van der Waals surface area contributed by atoms with E-state index in [1.165, 1.54) is 16.6 Å². The Labute approximate surface area is 181 Å². The molecule has 0 bridgehead atoms. The number of nitrogens with one attached hydrogen (secondary N) is 1. The Morgan fingerprint density at radius 2 is 1.83 bits per heavy atom. The quantitative estimate of drug-likeness (QED) is 0.504. The lowest BCUT2D eigenvalue weighted by Gasteiger charge is -2.36. The van der Waals surface area contributed by atoms with Crippen LogP contribution in [0.4, 0.5) is 5.69 Å². The minimum absolute atomic E-state index is 0.00777. The first-order chi connectivity index (χ1) is 14.6. The van der Waals surface area contributed by atoms with Crippen LogP contribution in [0, 0.1) is 0 Å². The summed E-state index contributed by atoms with van der Waals surface area (Å²) < 4.78 is 2.31. The summed E-state index contributed by atoms with van der Waals surface area (Å²) in [4.78, 5) is 37.4. The first-order valence-electron chi connectivity index (χ1n) is 9.84. The molecule has 2 aromatic heterocycles. The molecule has 152 valence electrons. The van der Waals surface area contributed by atoms with Crippen molar-refractivity contribution >= 4 is 49.5 Å². The van der Waals surface area contributed by atoms with Gasteiger partial charge in [-0.2, -0.15) is 0 Å². The molecule has 1 aliphatic heterocycles. The third kappa shape index (κ3) is 3.37. The fourth-order valence-electron chi connectivity index (χ4n) is 3.97. The van der Waals surface area contributed by atoms with Gasteiger partial charge in [0, 0.05) is 47.2 Å². The molecule has 0 saturated carbocycles. The van der Waals surface area contributed by atoms with E-state index in [-0.39, 0.29) is 18.0 Å². The number of aromatic nitrogens is 3. The van der Waals surface area contributed by atoms with E-state index in [1.54, 1.807) is 0 Å². The molecule has 4 aromatic rings. The van der Waals surface area contributed by atoms with Crippen molar-refractivity contribution in [3.8, 4) is 0 Å². The molecule has 0 atom stereocenters. The van der Waals surface area contributed by atoms with Crippen molar-refractivity contribution in [1.82, 2.24) is 19.4 Å². The van der Waals surface area contributed by atoms with Crippen molar-refractivity contribution in [3.05, 3.63) is 69.7 Å². The predicted molar refractivity (Wildman–Crippen MR) is 121 cm³/mol. The van der Waals surface area contributed by atoms with Gasteiger partial charge in [0.25, 0.3) is 5.56 Å². The Bertz CT molecular complexity index is 1290. The van der Waals surface area contributed by atoms with Gasteiger partial charge in [-0.1, -0.05) is 34.1 Å². The molecule has 1 N–H and O–H groups in total. The van der Waals surface area contributed by atoms with Gasteiger partial charge in [0.1, 0.15) is 17.6 Å². The molecule has 0 radical (unpaired) electrons. The van der Waals surface area contributed by atoms with Crippen LogP contribution in [0.1, 0.15) is 0 Å². The van der Waals surface area contributed by atoms with Gasteiger partial charge in [0.05, 0.1) is 6.33 Å². The zero-order valence-corrected chi connectivity index (χ0v) is 17.8. The average Bonchev–Trinajstić information content (AvgIpc) is 3.15. The summed E-state index contributed by atoms with van der Waals surface area (Å²) in [5.74, 6) is -0.0650. The van der Waals surface area contributed by atoms with Crippen LogP contribution in [0.25, 0.3) is 21.9 Å². The molecule has 0 aliphatic carbocycles. The lowest BCUT2D eigenvalue weighted by atomic mass is 10.2. The number of fused-ring (bicyclic) bond motifs is 3. The smallest absolute Gasteiger partial charge is 0.278 e. The van der Waals surface area contributed by atoms with Crippen molar-refractivity contribution in [2.24, 2.45) is 0 Å². The van der Waals surface area contributed by atoms with Gasteiger partial charge in [0.15, 0.2) is 0 Å². The van der Waals surface area contributed by atoms with E-state index in [4.69, 9.17) is 0 Å². The van der Waals surface area contributed by atoms with Gasteiger partial charge in [0.2, 0.25) is 5.91 Å². The molecule has 0 unspecified atom stereocenters. The fraction of sp³-hybridized carbons (Fsp3) is 0.227. The Balaban J connectivity index is 1.33. The largest absolute Gasteiger partial charge is 0.368 e. The second-order valence-corrected chi connectivity index (χ2v) is 8.34. The number of aromatic amines is 1. The van der Waals surface area contributed by atoms with E-state index < -0.39 is 0 Å². The first-order valence-corrected chi connectivity index (χ1v) is 10.6. The van der Waals surface area contributed by atoms with E-state index in [9.17, 15) is 9.59 Å². The van der Waals surface area contributed by atoms with Crippen molar-refractivity contribution in [1.29, 1.82) is 0 Å². The summed E-state index contributed by atoms with van der Waals surface area (Å²) >= 11 is 3.45. The summed E-state index contributed by atoms with van der Waals surface area (Å²) in [6.45, 7) is 2.82. The maximum absolute atomic E-state index is 12.9. The topological polar surface area (TPSA) is 74.2 Å². The Morgan fingerprint density at radius 3 is 2.60 bits per heavy atom. The number of nitrogens with zero attached hydrogens (tertiary/aromatic N) is 4. The number of hydrogen-bond acceptors (Lipinski definition) is 4. The monoisotopic (exact) mass is 465 g/mol. The van der Waals surface area contributed by atoms with Crippen LogP contribution >= 0.6 is 15.9 Å². The van der Waals surface area contributed by atoms with Crippen LogP contribution in [0.15, 0.2) is 64.1 Å². The average molecular weight is 466 g/mol. The number of anilines is 1. The highest BCUT2D eigenvalue weighted by atomic mass is 79.9. The third-order valence-corrected chi connectivity index (χ3v) is 6.09. The molecule has 1 aliphatic rings. The number of amides is 1. The molecule has 7 nitrogen and oxygen atoms in total. The van der Waals surface area contributed by atoms with Gasteiger partial charge in [-0.15, -0.1) is 0 Å². The molecule has 3 heterocycles. The van der Waals surface area contributed by atoms with Crippen molar-refractivity contribution in [3.63, 3.8) is 0 Å². The molecule has 30 heavy (non-hydrogen) atoms. The van der Waals surface area contributed by atoms with Crippen LogP contribution in [-0.2, 0) is 11.3 Å². The standard InChI is InChI=1S/C22H20BrN5O2/c23-15-6-7-18-17(12-15)20-21(25-18)22(30)28(14-24-20)13-19(29)27-10-8-26(9-11-27)16-4-2-1-3-5-16/h1-7,12,14,25H,8-11,13H2. The molecule has 1 saturated heterocycles. The number of carbonyl (C=O) groups excluding carboxylic acids is 1. The van der Waals surface area contributed by atoms with Gasteiger partial charge >= 0.3 is 0 Å². The highest BCUT2D eigenvalue weighted by Crippen LogP contribution is 2.24. The zero-order valence-electron chi connectivity index (χ0n) is 16.2. The highest BCUT2D eigenvalue weighted by molar-refractivity contribution is 9.10. The van der Waals surface area contributed by atoms with Gasteiger partial charge in [-0.05, 0) is 30.3 Å². The van der Waals surface area contributed by atoms with Gasteiger partial charge < -0.3 is 14.8 Å². The van der Waals surface area contributed by atoms with Crippen LogP contribution in [0.2, 0.25) is 0 Å². The minimum Gasteiger partial charge on any atom is -0.368 e. The molecule has 1 amide bonds. The fourth-order valence-corrected chi connectivity index (χ4v) is 4.33. The second-order valence-electron chi connectivity index (χ2n) is 7.42. The number of carbonyl (C=O) groups is 1. The molecular formula is C22H20BrN5O2. The number of hydrogen-bond donors (Lipinski definition) is 1. The van der Waals surface area contributed by atoms with Crippen molar-refractivity contribution in [2.45, 2.75) is 6.54 Å². The third-order valence-electron chi connectivity index (χ3n) is 5.59. The second kappa shape index (κ2) is 7.60. The molecule has 5 rings (SSSR count). The summed E-state index contributed by atoms with van der Waals surface area (Å²) in [5.41, 5.74) is 2.83. The maximum Gasteiger partial charge on any atom is 0.278 e. The Hall–Kier alpha value is -3.13. The Morgan fingerprint density at radius 1 is 1.07 bits per heavy atom. The van der Waals surface area contributed by atoms with Crippen LogP contribution in [-0.4, -0.2) is 51.5 Å². The maximum atomic E-state index is 12.9. The number of piperazine rings is 1. The number of H-pyrrole nitrogens is 1. The van der Waals surface area contributed by atoms with Crippen LogP contribution in [0.5, 0.6) is 0 Å². The van der Waals surface area contributed by atoms with Crippen molar-refractivity contribution in [2.75, 3.05) is 31.1 Å². The molecular weight excluding hydrogens is 446 g/mol. The van der Waals surface area contributed by atoms with E-state index in [0.717, 1.165) is 28.5 Å². The van der Waals surface area contributed by atoms with Gasteiger partial charge in [-0.3, -0.25) is 14.2 Å². The van der Waals surface area contributed by atoms with Crippen LogP contribution in [0.3, 0.4) is 0 Å². The molecule has 8 heteroatoms. The summed E-state index contributed by atoms with van der Waals surface area (Å²) in [5, 5.41) is 0.881. The Kier molecular flexibility index (Phi) is 4.78. The SMILES string of the molecule is O=C(Cn1cnc2c([nH]c3ccc(Br)cc32)c1=O)N1CCN(c2ccccc2)CC1. The summed E-state index contributed by atoms with van der Waals surface area (Å²) in [6, 6.07) is 15.9. The van der Waals surface area contributed by atoms with Crippen LogP contribution < -0.4 is 10.5 Å². The highest BCUT2D eigenvalue weighted by Gasteiger charge is 2.22. The van der Waals surface area contributed by atoms with E-state index in [1.807, 2.05) is 41.3 Å². The normalized spacial score (nSPS) is 14.6. The van der Waals surface area contributed by atoms with E-state index >= 15 is 0 Å². The van der Waals surface area contributed by atoms with Crippen molar-refractivity contribution < 1.29 is 4.79 Å². The summed E-state index contributed by atoms with van der Waals surface area (Å²) in [7, 11) is 0. The lowest BCUT2D eigenvalue weighted by Crippen LogP contribution is -2.50. The lowest BCUT2D eigenvalue weighted by molar-refractivity contribution is -0.132. The predicted octanol–water partition coefficient (Wildman–Crippen LogP) is 2.99. The molecule has 1 fully saturated rings. The number of para-hydroxylation sites is 1. The summed E-state index contributed by atoms with van der Waals surface area (Å²) in [6.07, 6.45) is 1.47. The number of benzene rings is 2. The first kappa shape index (κ1) is 18.9. The molecule has 0 spiro atoms.